The van der Waals surface area contributed by atoms with E-state index in [1.165, 1.54) is 0 Å². The fourth-order valence-corrected chi connectivity index (χ4v) is 0.618. The predicted molar refractivity (Wildman–Crippen MR) is 38.6 cm³/mol. The highest BCUT2D eigenvalue weighted by Crippen LogP contribution is 1.93. The van der Waals surface area contributed by atoms with Crippen molar-refractivity contribution in [1.82, 2.24) is 5.32 Å². The van der Waals surface area contributed by atoms with Gasteiger partial charge in [0.25, 0.3) is 0 Å². The summed E-state index contributed by atoms with van der Waals surface area (Å²) in [6, 6.07) is 0. The first-order valence-corrected chi connectivity index (χ1v) is 3.50. The van der Waals surface area contributed by atoms with Crippen LogP contribution in [0.15, 0.2) is 0 Å². The van der Waals surface area contributed by atoms with Crippen LogP contribution in [-0.2, 0) is 9.59 Å². The summed E-state index contributed by atoms with van der Waals surface area (Å²) >= 11 is 0. The molecule has 1 amide bonds. The predicted octanol–water partition coefficient (Wildman–Crippen LogP) is 0.492. The van der Waals surface area contributed by atoms with Gasteiger partial charge in [0.15, 0.2) is 5.78 Å². The molecule has 0 unspecified atom stereocenters. The lowest BCUT2D eigenvalue weighted by Gasteiger charge is -1.96. The number of carbonyl (C=O) groups is 2. The van der Waals surface area contributed by atoms with Crippen molar-refractivity contribution in [2.75, 3.05) is 6.54 Å². The van der Waals surface area contributed by atoms with Gasteiger partial charge in [-0.3, -0.25) is 9.59 Å². The SMILES string of the molecule is CCCCC(=O)CNC=O. The fraction of sp³-hybridized carbons (Fsp3) is 0.714. The minimum Gasteiger partial charge on any atom is -0.352 e. The van der Waals surface area contributed by atoms with E-state index in [4.69, 9.17) is 0 Å². The number of ketones is 1. The lowest BCUT2D eigenvalue weighted by Crippen LogP contribution is -2.20. The van der Waals surface area contributed by atoms with Gasteiger partial charge in [0.05, 0.1) is 6.54 Å². The van der Waals surface area contributed by atoms with Crippen LogP contribution >= 0.6 is 0 Å². The second-order valence-corrected chi connectivity index (χ2v) is 2.14. The maximum atomic E-state index is 10.7. The molecule has 0 aromatic heterocycles. The van der Waals surface area contributed by atoms with E-state index in [1.807, 2.05) is 6.92 Å². The molecule has 58 valence electrons. The van der Waals surface area contributed by atoms with Crippen molar-refractivity contribution in [2.45, 2.75) is 26.2 Å². The van der Waals surface area contributed by atoms with Crippen molar-refractivity contribution >= 4 is 12.2 Å². The van der Waals surface area contributed by atoms with Crippen LogP contribution in [0.3, 0.4) is 0 Å². The van der Waals surface area contributed by atoms with Gasteiger partial charge in [0, 0.05) is 6.42 Å². The third kappa shape index (κ3) is 5.28. The second-order valence-electron chi connectivity index (χ2n) is 2.14. The number of rotatable bonds is 6. The quantitative estimate of drug-likeness (QED) is 0.550. The highest BCUT2D eigenvalue weighted by atomic mass is 16.1. The van der Waals surface area contributed by atoms with E-state index < -0.39 is 0 Å². The Hall–Kier alpha value is -0.860. The van der Waals surface area contributed by atoms with Gasteiger partial charge in [-0.05, 0) is 6.42 Å². The lowest BCUT2D eigenvalue weighted by atomic mass is 10.2. The topological polar surface area (TPSA) is 46.2 Å². The zero-order chi connectivity index (χ0) is 7.82. The van der Waals surface area contributed by atoms with E-state index >= 15 is 0 Å². The average molecular weight is 143 g/mol. The molecule has 1 N–H and O–H groups in total. The molecule has 0 bridgehead atoms. The molecule has 3 nitrogen and oxygen atoms in total. The van der Waals surface area contributed by atoms with E-state index in [0.717, 1.165) is 12.8 Å². The Balaban J connectivity index is 3.16. The first-order valence-electron chi connectivity index (χ1n) is 3.50. The number of amides is 1. The minimum absolute atomic E-state index is 0.106. The van der Waals surface area contributed by atoms with E-state index in [0.29, 0.717) is 12.8 Å². The summed E-state index contributed by atoms with van der Waals surface area (Å²) in [6.45, 7) is 2.21. The van der Waals surface area contributed by atoms with Crippen LogP contribution in [0.5, 0.6) is 0 Å². The van der Waals surface area contributed by atoms with Crippen molar-refractivity contribution < 1.29 is 9.59 Å². The maximum absolute atomic E-state index is 10.7. The summed E-state index contributed by atoms with van der Waals surface area (Å²) in [4.78, 5) is 20.5. The Kier molecular flexibility index (Phi) is 5.72. The normalized spacial score (nSPS) is 8.90. The van der Waals surface area contributed by atoms with Crippen LogP contribution in [0, 0.1) is 0 Å². The molecule has 0 aliphatic rings. The molecule has 3 heteroatoms. The monoisotopic (exact) mass is 143 g/mol. The van der Waals surface area contributed by atoms with Crippen LogP contribution in [0.25, 0.3) is 0 Å². The molecule has 0 spiro atoms. The Morgan fingerprint density at radius 1 is 1.60 bits per heavy atom. The number of Topliss-reactive ketones (excluding diaryl/α,β-unsaturated/α-hetero) is 1. The molecular formula is C7H13NO2. The fourth-order valence-electron chi connectivity index (χ4n) is 0.618. The summed E-state index contributed by atoms with van der Waals surface area (Å²) in [7, 11) is 0. The second kappa shape index (κ2) is 6.26. The Labute approximate surface area is 60.8 Å². The minimum atomic E-state index is 0.106. The molecule has 0 aliphatic carbocycles. The summed E-state index contributed by atoms with van der Waals surface area (Å²) in [5.74, 6) is 0.106. The van der Waals surface area contributed by atoms with Crippen molar-refractivity contribution in [3.8, 4) is 0 Å². The summed E-state index contributed by atoms with van der Waals surface area (Å²) in [6.07, 6.45) is 3.06. The van der Waals surface area contributed by atoms with Gasteiger partial charge in [0.1, 0.15) is 0 Å². The smallest absolute Gasteiger partial charge is 0.207 e. The zero-order valence-electron chi connectivity index (χ0n) is 6.22. The molecule has 0 aliphatic heterocycles. The van der Waals surface area contributed by atoms with Gasteiger partial charge < -0.3 is 5.32 Å². The Bertz CT molecular complexity index is 112. The van der Waals surface area contributed by atoms with Crippen LogP contribution in [0.2, 0.25) is 0 Å². The number of unbranched alkanes of at least 4 members (excludes halogenated alkanes) is 1. The Morgan fingerprint density at radius 2 is 2.30 bits per heavy atom. The summed E-state index contributed by atoms with van der Waals surface area (Å²) in [5.41, 5.74) is 0. The Morgan fingerprint density at radius 3 is 2.80 bits per heavy atom. The summed E-state index contributed by atoms with van der Waals surface area (Å²) < 4.78 is 0. The molecule has 0 heterocycles. The highest BCUT2D eigenvalue weighted by Gasteiger charge is 1.97. The number of hydrogen-bond donors (Lipinski definition) is 1. The van der Waals surface area contributed by atoms with Crippen LogP contribution in [0.4, 0.5) is 0 Å². The first-order chi connectivity index (χ1) is 4.81. The molecule has 0 rings (SSSR count). The zero-order valence-corrected chi connectivity index (χ0v) is 6.22. The molecule has 0 fully saturated rings. The van der Waals surface area contributed by atoms with E-state index in [9.17, 15) is 9.59 Å². The molecule has 10 heavy (non-hydrogen) atoms. The van der Waals surface area contributed by atoms with Crippen LogP contribution < -0.4 is 5.32 Å². The van der Waals surface area contributed by atoms with E-state index in [2.05, 4.69) is 5.32 Å². The number of nitrogens with one attached hydrogen (secondary N) is 1. The third-order valence-corrected chi connectivity index (χ3v) is 1.19. The lowest BCUT2D eigenvalue weighted by molar-refractivity contribution is -0.120. The molecule has 0 aromatic rings. The van der Waals surface area contributed by atoms with E-state index in [1.54, 1.807) is 0 Å². The van der Waals surface area contributed by atoms with Gasteiger partial charge in [0.2, 0.25) is 6.41 Å². The van der Waals surface area contributed by atoms with Crippen molar-refractivity contribution in [1.29, 1.82) is 0 Å². The average Bonchev–Trinajstić information content (AvgIpc) is 1.97. The van der Waals surface area contributed by atoms with Gasteiger partial charge >= 0.3 is 0 Å². The maximum Gasteiger partial charge on any atom is 0.207 e. The molecule has 0 saturated carbocycles. The van der Waals surface area contributed by atoms with Gasteiger partial charge in [-0.1, -0.05) is 13.3 Å². The van der Waals surface area contributed by atoms with Crippen LogP contribution in [-0.4, -0.2) is 18.7 Å². The largest absolute Gasteiger partial charge is 0.352 e. The summed E-state index contributed by atoms with van der Waals surface area (Å²) in [5, 5.41) is 2.33. The van der Waals surface area contributed by atoms with E-state index in [-0.39, 0.29) is 12.3 Å². The number of hydrogen-bond acceptors (Lipinski definition) is 2. The molecule has 0 radical (unpaired) electrons. The molecular weight excluding hydrogens is 130 g/mol. The number of carbonyl (C=O) groups excluding carboxylic acids is 2. The van der Waals surface area contributed by atoms with Crippen molar-refractivity contribution in [2.24, 2.45) is 0 Å². The highest BCUT2D eigenvalue weighted by molar-refractivity contribution is 5.81. The van der Waals surface area contributed by atoms with Gasteiger partial charge in [-0.15, -0.1) is 0 Å². The first kappa shape index (κ1) is 9.14. The van der Waals surface area contributed by atoms with Crippen molar-refractivity contribution in [3.05, 3.63) is 0 Å². The molecule has 0 aromatic carbocycles. The van der Waals surface area contributed by atoms with Gasteiger partial charge in [-0.25, -0.2) is 0 Å². The standard InChI is InChI=1S/C7H13NO2/c1-2-3-4-7(10)5-8-6-9/h6H,2-5H2,1H3,(H,8,9). The van der Waals surface area contributed by atoms with Crippen molar-refractivity contribution in [3.63, 3.8) is 0 Å². The van der Waals surface area contributed by atoms with Crippen LogP contribution in [0.1, 0.15) is 26.2 Å². The van der Waals surface area contributed by atoms with Gasteiger partial charge in [-0.2, -0.15) is 0 Å². The molecule has 0 saturated heterocycles. The third-order valence-electron chi connectivity index (χ3n) is 1.19. The molecule has 0 atom stereocenters.